The van der Waals surface area contributed by atoms with Crippen molar-refractivity contribution in [1.82, 2.24) is 0 Å². The van der Waals surface area contributed by atoms with E-state index in [0.717, 1.165) is 5.56 Å². The summed E-state index contributed by atoms with van der Waals surface area (Å²) in [6.45, 7) is 1.87. The molecule has 4 heteroatoms. The predicted octanol–water partition coefficient (Wildman–Crippen LogP) is 2.44. The van der Waals surface area contributed by atoms with Gasteiger partial charge in [-0.3, -0.25) is 0 Å². The summed E-state index contributed by atoms with van der Waals surface area (Å²) in [6, 6.07) is 3.43. The van der Waals surface area contributed by atoms with Gasteiger partial charge < -0.3 is 9.47 Å². The highest BCUT2D eigenvalue weighted by molar-refractivity contribution is 6.34. The van der Waals surface area contributed by atoms with Gasteiger partial charge in [0.25, 0.3) is 0 Å². The fourth-order valence-corrected chi connectivity index (χ4v) is 1.51. The lowest BCUT2D eigenvalue weighted by atomic mass is 10.1. The molecule has 0 fully saturated rings. The van der Waals surface area contributed by atoms with Crippen molar-refractivity contribution in [3.05, 3.63) is 28.3 Å². The Kier molecular flexibility index (Phi) is 3.36. The Morgan fingerprint density at radius 1 is 1.36 bits per heavy atom. The summed E-state index contributed by atoms with van der Waals surface area (Å²) in [4.78, 5) is 11.3. The maximum absolute atomic E-state index is 11.3. The Labute approximate surface area is 87.6 Å². The van der Waals surface area contributed by atoms with E-state index in [1.54, 1.807) is 12.1 Å². The minimum Gasteiger partial charge on any atom is -0.496 e. The van der Waals surface area contributed by atoms with Crippen molar-refractivity contribution >= 4 is 17.6 Å². The Hall–Kier alpha value is -1.22. The molecule has 3 nitrogen and oxygen atoms in total. The zero-order valence-corrected chi connectivity index (χ0v) is 9.01. The van der Waals surface area contributed by atoms with E-state index >= 15 is 0 Å². The molecule has 0 radical (unpaired) electrons. The third-order valence-electron chi connectivity index (χ3n) is 1.81. The molecule has 0 atom stereocenters. The number of benzene rings is 1. The molecule has 0 spiro atoms. The smallest absolute Gasteiger partial charge is 0.343 e. The normalized spacial score (nSPS) is 9.71. The molecular weight excluding hydrogens is 204 g/mol. The Balaban J connectivity index is 3.32. The van der Waals surface area contributed by atoms with Gasteiger partial charge >= 0.3 is 5.97 Å². The second-order valence-corrected chi connectivity index (χ2v) is 3.22. The first-order valence-corrected chi connectivity index (χ1v) is 4.40. The van der Waals surface area contributed by atoms with Gasteiger partial charge in [-0.15, -0.1) is 0 Å². The van der Waals surface area contributed by atoms with Crippen molar-refractivity contribution in [1.29, 1.82) is 0 Å². The van der Waals surface area contributed by atoms with Crippen LogP contribution in [0.15, 0.2) is 12.1 Å². The van der Waals surface area contributed by atoms with Crippen LogP contribution in [0.25, 0.3) is 0 Å². The Morgan fingerprint density at radius 2 is 2.00 bits per heavy atom. The van der Waals surface area contributed by atoms with Crippen LogP contribution in [-0.4, -0.2) is 20.2 Å². The summed E-state index contributed by atoms with van der Waals surface area (Å²) in [5, 5.41) is 0.341. The number of hydrogen-bond donors (Lipinski definition) is 0. The largest absolute Gasteiger partial charge is 0.496 e. The van der Waals surface area contributed by atoms with E-state index in [-0.39, 0.29) is 5.56 Å². The van der Waals surface area contributed by atoms with E-state index in [1.165, 1.54) is 14.2 Å². The van der Waals surface area contributed by atoms with Crippen LogP contribution >= 0.6 is 11.6 Å². The van der Waals surface area contributed by atoms with Crippen LogP contribution in [0.1, 0.15) is 15.9 Å². The molecule has 0 saturated carbocycles. The molecule has 0 amide bonds. The van der Waals surface area contributed by atoms with Crippen LogP contribution in [-0.2, 0) is 4.74 Å². The molecule has 0 aliphatic carbocycles. The third kappa shape index (κ3) is 1.99. The number of ether oxygens (including phenoxy) is 2. The molecule has 1 aromatic carbocycles. The van der Waals surface area contributed by atoms with E-state index in [4.69, 9.17) is 16.3 Å². The van der Waals surface area contributed by atoms with Crippen molar-refractivity contribution in [3.63, 3.8) is 0 Å². The van der Waals surface area contributed by atoms with Crippen LogP contribution in [0, 0.1) is 6.92 Å². The molecule has 0 aromatic heterocycles. The van der Waals surface area contributed by atoms with Crippen LogP contribution < -0.4 is 4.74 Å². The maximum atomic E-state index is 11.3. The first kappa shape index (κ1) is 10.9. The van der Waals surface area contributed by atoms with Crippen molar-refractivity contribution in [2.24, 2.45) is 0 Å². The van der Waals surface area contributed by atoms with Crippen molar-refractivity contribution in [3.8, 4) is 5.75 Å². The molecule has 0 saturated heterocycles. The topological polar surface area (TPSA) is 35.5 Å². The van der Waals surface area contributed by atoms with E-state index in [2.05, 4.69) is 4.74 Å². The summed E-state index contributed by atoms with van der Waals surface area (Å²) in [5.74, 6) is -0.0614. The summed E-state index contributed by atoms with van der Waals surface area (Å²) < 4.78 is 9.64. The van der Waals surface area contributed by atoms with Crippen LogP contribution in [0.4, 0.5) is 0 Å². The zero-order valence-electron chi connectivity index (χ0n) is 8.26. The minimum atomic E-state index is -0.494. The highest BCUT2D eigenvalue weighted by atomic mass is 35.5. The first-order chi connectivity index (χ1) is 6.60. The molecule has 1 rings (SSSR count). The number of hydrogen-bond acceptors (Lipinski definition) is 3. The lowest BCUT2D eigenvalue weighted by Crippen LogP contribution is -2.05. The van der Waals surface area contributed by atoms with E-state index in [9.17, 15) is 4.79 Å². The van der Waals surface area contributed by atoms with Crippen LogP contribution in [0.2, 0.25) is 5.02 Å². The average Bonchev–Trinajstić information content (AvgIpc) is 2.15. The summed E-state index contributed by atoms with van der Waals surface area (Å²) in [5.41, 5.74) is 1.20. The van der Waals surface area contributed by atoms with E-state index in [0.29, 0.717) is 10.8 Å². The number of carbonyl (C=O) groups excluding carboxylic acids is 1. The number of halogens is 1. The molecule has 76 valence electrons. The van der Waals surface area contributed by atoms with Gasteiger partial charge in [0, 0.05) is 0 Å². The van der Waals surface area contributed by atoms with Gasteiger partial charge in [-0.05, 0) is 24.6 Å². The molecule has 0 unspecified atom stereocenters. The molecule has 0 aliphatic heterocycles. The lowest BCUT2D eigenvalue weighted by Gasteiger charge is -2.09. The monoisotopic (exact) mass is 214 g/mol. The second-order valence-electron chi connectivity index (χ2n) is 2.82. The number of rotatable bonds is 2. The van der Waals surface area contributed by atoms with Crippen molar-refractivity contribution < 1.29 is 14.3 Å². The molecule has 0 heterocycles. The second kappa shape index (κ2) is 4.33. The molecule has 0 bridgehead atoms. The van der Waals surface area contributed by atoms with Crippen molar-refractivity contribution in [2.45, 2.75) is 6.92 Å². The van der Waals surface area contributed by atoms with Crippen molar-refractivity contribution in [2.75, 3.05) is 14.2 Å². The van der Waals surface area contributed by atoms with Crippen LogP contribution in [0.5, 0.6) is 5.75 Å². The van der Waals surface area contributed by atoms with Gasteiger partial charge in [-0.1, -0.05) is 11.6 Å². The fourth-order valence-electron chi connectivity index (χ4n) is 1.17. The van der Waals surface area contributed by atoms with Gasteiger partial charge in [0.1, 0.15) is 11.3 Å². The molecule has 0 aliphatic rings. The highest BCUT2D eigenvalue weighted by Crippen LogP contribution is 2.28. The molecule has 0 N–H and O–H groups in total. The number of aryl methyl sites for hydroxylation is 1. The lowest BCUT2D eigenvalue weighted by molar-refractivity contribution is 0.0597. The van der Waals surface area contributed by atoms with Gasteiger partial charge in [0.15, 0.2) is 0 Å². The Bertz CT molecular complexity index is 361. The van der Waals surface area contributed by atoms with E-state index in [1.807, 2.05) is 6.92 Å². The zero-order chi connectivity index (χ0) is 10.7. The third-order valence-corrected chi connectivity index (χ3v) is 2.11. The van der Waals surface area contributed by atoms with E-state index < -0.39 is 5.97 Å². The number of carbonyl (C=O) groups is 1. The van der Waals surface area contributed by atoms with Crippen LogP contribution in [0.3, 0.4) is 0 Å². The quantitative estimate of drug-likeness (QED) is 0.710. The number of esters is 1. The molecular formula is C10H11ClO3. The summed E-state index contributed by atoms with van der Waals surface area (Å²) >= 11 is 5.91. The van der Waals surface area contributed by atoms with Gasteiger partial charge in [0.05, 0.1) is 19.2 Å². The van der Waals surface area contributed by atoms with Gasteiger partial charge in [0.2, 0.25) is 0 Å². The summed E-state index contributed by atoms with van der Waals surface area (Å²) in [7, 11) is 2.79. The van der Waals surface area contributed by atoms with Gasteiger partial charge in [-0.25, -0.2) is 4.79 Å². The predicted molar refractivity (Wildman–Crippen MR) is 54.1 cm³/mol. The molecule has 1 aromatic rings. The first-order valence-electron chi connectivity index (χ1n) is 4.02. The molecule has 14 heavy (non-hydrogen) atoms. The SMILES string of the molecule is COC(=O)c1c(Cl)cc(C)cc1OC. The standard InChI is InChI=1S/C10H11ClO3/c1-6-4-7(11)9(10(12)14-3)8(5-6)13-2/h4-5H,1-3H3. The summed E-state index contributed by atoms with van der Waals surface area (Å²) in [6.07, 6.45) is 0. The average molecular weight is 215 g/mol. The number of methoxy groups -OCH3 is 2. The Morgan fingerprint density at radius 3 is 2.50 bits per heavy atom. The highest BCUT2D eigenvalue weighted by Gasteiger charge is 2.17. The van der Waals surface area contributed by atoms with Gasteiger partial charge in [-0.2, -0.15) is 0 Å². The fraction of sp³-hybridized carbons (Fsp3) is 0.300. The maximum Gasteiger partial charge on any atom is 0.343 e. The minimum absolute atomic E-state index is 0.266.